The van der Waals surface area contributed by atoms with Gasteiger partial charge in [-0.3, -0.25) is 4.79 Å². The number of carbonyl (C=O) groups excluding carboxylic acids is 1. The van der Waals surface area contributed by atoms with Crippen LogP contribution in [0.1, 0.15) is 30.1 Å². The maximum atomic E-state index is 12.1. The van der Waals surface area contributed by atoms with E-state index in [1.54, 1.807) is 12.1 Å². The van der Waals surface area contributed by atoms with Crippen LogP contribution in [0.2, 0.25) is 0 Å². The lowest BCUT2D eigenvalue weighted by atomic mass is 9.93. The Morgan fingerprint density at radius 3 is 2.79 bits per heavy atom. The van der Waals surface area contributed by atoms with Crippen molar-refractivity contribution < 1.29 is 14.6 Å². The molecule has 104 valence electrons. The summed E-state index contributed by atoms with van der Waals surface area (Å²) in [6.45, 7) is 3.57. The summed E-state index contributed by atoms with van der Waals surface area (Å²) in [6, 6.07) is 5.10. The molecule has 4 nitrogen and oxygen atoms in total. The topological polar surface area (TPSA) is 58.6 Å². The second kappa shape index (κ2) is 6.56. The number of carbonyl (C=O) groups is 1. The average Bonchev–Trinajstić information content (AvgIpc) is 2.42. The Hall–Kier alpha value is -0.820. The van der Waals surface area contributed by atoms with E-state index in [2.05, 4.69) is 5.32 Å². The van der Waals surface area contributed by atoms with Gasteiger partial charge in [-0.2, -0.15) is 0 Å². The van der Waals surface area contributed by atoms with Crippen LogP contribution in [-0.2, 0) is 4.74 Å². The maximum absolute atomic E-state index is 12.1. The normalized spacial score (nSPS) is 18.0. The monoisotopic (exact) mass is 375 g/mol. The summed E-state index contributed by atoms with van der Waals surface area (Å²) in [5.74, 6) is 0.479. The molecule has 1 saturated heterocycles. The van der Waals surface area contributed by atoms with E-state index < -0.39 is 0 Å². The molecule has 2 rings (SSSR count). The molecular formula is C14H18INO3. The molecule has 1 aromatic rings. The van der Waals surface area contributed by atoms with Gasteiger partial charge in [0.2, 0.25) is 0 Å². The van der Waals surface area contributed by atoms with Crippen molar-refractivity contribution in [3.8, 4) is 5.75 Å². The van der Waals surface area contributed by atoms with E-state index in [9.17, 15) is 9.90 Å². The number of nitrogens with one attached hydrogen (secondary N) is 1. The Kier molecular flexibility index (Phi) is 5.04. The first-order valence-corrected chi connectivity index (χ1v) is 7.53. The lowest BCUT2D eigenvalue weighted by Gasteiger charge is -2.28. The number of hydrogen-bond donors (Lipinski definition) is 2. The molecule has 0 saturated carbocycles. The van der Waals surface area contributed by atoms with Crippen molar-refractivity contribution in [3.05, 3.63) is 27.3 Å². The van der Waals surface area contributed by atoms with Crippen LogP contribution in [0.15, 0.2) is 18.2 Å². The van der Waals surface area contributed by atoms with Crippen molar-refractivity contribution in [1.82, 2.24) is 5.32 Å². The van der Waals surface area contributed by atoms with E-state index in [1.807, 2.05) is 29.5 Å². The Balaban J connectivity index is 1.97. The summed E-state index contributed by atoms with van der Waals surface area (Å²) in [7, 11) is 0. The second-order valence-corrected chi connectivity index (χ2v) is 6.04. The zero-order valence-corrected chi connectivity index (χ0v) is 13.0. The predicted octanol–water partition coefficient (Wildman–Crippen LogP) is 2.54. The van der Waals surface area contributed by atoms with Crippen LogP contribution in [0.5, 0.6) is 5.75 Å². The van der Waals surface area contributed by atoms with Crippen molar-refractivity contribution in [2.45, 2.75) is 25.8 Å². The third kappa shape index (κ3) is 3.82. The van der Waals surface area contributed by atoms with Crippen LogP contribution >= 0.6 is 22.6 Å². The SMILES string of the molecule is CC(NC(=O)c1ccc(I)c(O)c1)C1CCOCC1. The van der Waals surface area contributed by atoms with Crippen molar-refractivity contribution in [2.24, 2.45) is 5.92 Å². The molecule has 1 amide bonds. The van der Waals surface area contributed by atoms with Crippen LogP contribution < -0.4 is 5.32 Å². The number of amides is 1. The number of halogens is 1. The van der Waals surface area contributed by atoms with Gasteiger partial charge in [-0.1, -0.05) is 0 Å². The van der Waals surface area contributed by atoms with Crippen LogP contribution in [0.3, 0.4) is 0 Å². The number of ether oxygens (including phenoxy) is 1. The fourth-order valence-electron chi connectivity index (χ4n) is 2.28. The van der Waals surface area contributed by atoms with E-state index in [-0.39, 0.29) is 17.7 Å². The van der Waals surface area contributed by atoms with Gasteiger partial charge in [-0.05, 0) is 66.5 Å². The molecule has 0 bridgehead atoms. The number of phenolic OH excluding ortho intramolecular Hbond substituents is 1. The lowest BCUT2D eigenvalue weighted by Crippen LogP contribution is -2.40. The van der Waals surface area contributed by atoms with E-state index >= 15 is 0 Å². The lowest BCUT2D eigenvalue weighted by molar-refractivity contribution is 0.0538. The van der Waals surface area contributed by atoms with Gasteiger partial charge >= 0.3 is 0 Å². The number of rotatable bonds is 3. The van der Waals surface area contributed by atoms with Crippen molar-refractivity contribution in [2.75, 3.05) is 13.2 Å². The Labute approximate surface area is 126 Å². The highest BCUT2D eigenvalue weighted by molar-refractivity contribution is 14.1. The van der Waals surface area contributed by atoms with Gasteiger partial charge in [0.25, 0.3) is 5.91 Å². The van der Waals surface area contributed by atoms with Crippen LogP contribution in [0, 0.1) is 9.49 Å². The van der Waals surface area contributed by atoms with Gasteiger partial charge in [0, 0.05) is 24.8 Å². The second-order valence-electron chi connectivity index (χ2n) is 4.88. The highest BCUT2D eigenvalue weighted by Gasteiger charge is 2.22. The molecule has 0 aromatic heterocycles. The van der Waals surface area contributed by atoms with E-state index in [4.69, 9.17) is 4.74 Å². The van der Waals surface area contributed by atoms with Crippen LogP contribution in [0.4, 0.5) is 0 Å². The zero-order chi connectivity index (χ0) is 13.8. The van der Waals surface area contributed by atoms with Crippen molar-refractivity contribution >= 4 is 28.5 Å². The van der Waals surface area contributed by atoms with Gasteiger partial charge in [0.05, 0.1) is 3.57 Å². The summed E-state index contributed by atoms with van der Waals surface area (Å²) < 4.78 is 6.06. The molecule has 2 N–H and O–H groups in total. The van der Waals surface area contributed by atoms with Gasteiger partial charge in [0.1, 0.15) is 5.75 Å². The molecular weight excluding hydrogens is 357 g/mol. The Bertz CT molecular complexity index is 458. The summed E-state index contributed by atoms with van der Waals surface area (Å²) in [4.78, 5) is 12.1. The quantitative estimate of drug-likeness (QED) is 0.799. The average molecular weight is 375 g/mol. The number of benzene rings is 1. The molecule has 0 radical (unpaired) electrons. The van der Waals surface area contributed by atoms with Crippen molar-refractivity contribution in [1.29, 1.82) is 0 Å². The molecule has 1 fully saturated rings. The summed E-state index contributed by atoms with van der Waals surface area (Å²) >= 11 is 2.03. The summed E-state index contributed by atoms with van der Waals surface area (Å²) in [5.41, 5.74) is 0.497. The first-order chi connectivity index (χ1) is 9.08. The maximum Gasteiger partial charge on any atom is 0.251 e. The Morgan fingerprint density at radius 1 is 1.47 bits per heavy atom. The first kappa shape index (κ1) is 14.6. The summed E-state index contributed by atoms with van der Waals surface area (Å²) in [6.07, 6.45) is 1.97. The van der Waals surface area contributed by atoms with Gasteiger partial charge in [0.15, 0.2) is 0 Å². The van der Waals surface area contributed by atoms with Crippen LogP contribution in [-0.4, -0.2) is 30.3 Å². The standard InChI is InChI=1S/C14H18INO3/c1-9(10-4-6-19-7-5-10)16-14(18)11-2-3-12(15)13(17)8-11/h2-3,8-10,17H,4-7H2,1H3,(H,16,18). The fraction of sp³-hybridized carbons (Fsp3) is 0.500. The van der Waals surface area contributed by atoms with E-state index in [0.29, 0.717) is 11.5 Å². The molecule has 1 heterocycles. The molecule has 1 aliphatic rings. The van der Waals surface area contributed by atoms with Gasteiger partial charge in [-0.15, -0.1) is 0 Å². The highest BCUT2D eigenvalue weighted by Crippen LogP contribution is 2.22. The van der Waals surface area contributed by atoms with Crippen molar-refractivity contribution in [3.63, 3.8) is 0 Å². The summed E-state index contributed by atoms with van der Waals surface area (Å²) in [5, 5.41) is 12.6. The minimum atomic E-state index is -0.134. The molecule has 0 spiro atoms. The third-order valence-electron chi connectivity index (χ3n) is 3.54. The number of hydrogen-bond acceptors (Lipinski definition) is 3. The smallest absolute Gasteiger partial charge is 0.251 e. The minimum absolute atomic E-state index is 0.123. The molecule has 19 heavy (non-hydrogen) atoms. The fourth-order valence-corrected chi connectivity index (χ4v) is 2.61. The zero-order valence-electron chi connectivity index (χ0n) is 10.9. The molecule has 1 atom stereocenters. The van der Waals surface area contributed by atoms with E-state index in [0.717, 1.165) is 29.6 Å². The number of aromatic hydroxyl groups is 1. The van der Waals surface area contributed by atoms with Gasteiger partial charge in [-0.25, -0.2) is 0 Å². The van der Waals surface area contributed by atoms with Gasteiger partial charge < -0.3 is 15.2 Å². The third-order valence-corrected chi connectivity index (χ3v) is 4.45. The Morgan fingerprint density at radius 2 is 2.16 bits per heavy atom. The molecule has 1 unspecified atom stereocenters. The molecule has 1 aliphatic heterocycles. The highest BCUT2D eigenvalue weighted by atomic mass is 127. The van der Waals surface area contributed by atoms with Crippen LogP contribution in [0.25, 0.3) is 0 Å². The largest absolute Gasteiger partial charge is 0.507 e. The first-order valence-electron chi connectivity index (χ1n) is 6.45. The molecule has 5 heteroatoms. The molecule has 0 aliphatic carbocycles. The van der Waals surface area contributed by atoms with E-state index in [1.165, 1.54) is 6.07 Å². The minimum Gasteiger partial charge on any atom is -0.507 e. The number of phenols is 1. The molecule has 1 aromatic carbocycles. The predicted molar refractivity (Wildman–Crippen MR) is 81.3 cm³/mol.